The summed E-state index contributed by atoms with van der Waals surface area (Å²) in [7, 11) is 0. The molecule has 0 fully saturated rings. The van der Waals surface area contributed by atoms with Gasteiger partial charge in [-0.2, -0.15) is 0 Å². The summed E-state index contributed by atoms with van der Waals surface area (Å²) in [6.07, 6.45) is 0. The second-order valence-corrected chi connectivity index (χ2v) is 5.77. The van der Waals surface area contributed by atoms with Crippen molar-refractivity contribution in [2.24, 2.45) is 0 Å². The van der Waals surface area contributed by atoms with Crippen LogP contribution in [0.5, 0.6) is 0 Å². The largest absolute Gasteiger partial charge is 0.293 e. The molecule has 88 valence electrons. The topological polar surface area (TPSA) is 30.0 Å². The fourth-order valence-corrected chi connectivity index (χ4v) is 3.33. The number of rotatable bonds is 4. The van der Waals surface area contributed by atoms with Gasteiger partial charge < -0.3 is 0 Å². The molecular formula is C12H10ClNOS2. The normalized spacial score (nSPS) is 10.5. The number of Topliss-reactive ketones (excluding diaryl/α,β-unsaturated/α-hetero) is 1. The van der Waals surface area contributed by atoms with Crippen molar-refractivity contribution >= 4 is 40.5 Å². The highest BCUT2D eigenvalue weighted by molar-refractivity contribution is 7.98. The Bertz CT molecular complexity index is 539. The van der Waals surface area contributed by atoms with Gasteiger partial charge in [0.1, 0.15) is 10.7 Å². The van der Waals surface area contributed by atoms with E-state index in [2.05, 4.69) is 4.98 Å². The monoisotopic (exact) mass is 283 g/mol. The van der Waals surface area contributed by atoms with Crippen LogP contribution in [0.25, 0.3) is 0 Å². The van der Waals surface area contributed by atoms with Gasteiger partial charge in [-0.05, 0) is 12.1 Å². The minimum Gasteiger partial charge on any atom is -0.293 e. The number of hydrogen-bond acceptors (Lipinski definition) is 4. The highest BCUT2D eigenvalue weighted by Crippen LogP contribution is 2.30. The van der Waals surface area contributed by atoms with E-state index in [1.807, 2.05) is 24.3 Å². The molecule has 0 bridgehead atoms. The average molecular weight is 284 g/mol. The lowest BCUT2D eigenvalue weighted by Gasteiger charge is -2.01. The second kappa shape index (κ2) is 5.67. The summed E-state index contributed by atoms with van der Waals surface area (Å²) >= 11 is 9.19. The Morgan fingerprint density at radius 2 is 2.24 bits per heavy atom. The van der Waals surface area contributed by atoms with E-state index in [9.17, 15) is 4.79 Å². The number of hydrogen-bond donors (Lipinski definition) is 0. The third kappa shape index (κ3) is 3.31. The molecule has 0 unspecified atom stereocenters. The van der Waals surface area contributed by atoms with E-state index >= 15 is 0 Å². The number of ketones is 1. The Kier molecular flexibility index (Phi) is 4.20. The molecule has 0 amide bonds. The Hall–Kier alpha value is -0.840. The van der Waals surface area contributed by atoms with Crippen LogP contribution in [0.4, 0.5) is 0 Å². The van der Waals surface area contributed by atoms with Gasteiger partial charge in [0.05, 0.1) is 10.8 Å². The number of thiazole rings is 1. The van der Waals surface area contributed by atoms with Crippen molar-refractivity contribution in [3.63, 3.8) is 0 Å². The molecule has 0 radical (unpaired) electrons. The van der Waals surface area contributed by atoms with E-state index in [4.69, 9.17) is 11.6 Å². The Morgan fingerprint density at radius 1 is 1.47 bits per heavy atom. The number of halogens is 1. The van der Waals surface area contributed by atoms with Gasteiger partial charge in [0.2, 0.25) is 0 Å². The van der Waals surface area contributed by atoms with Crippen LogP contribution in [0.1, 0.15) is 22.4 Å². The van der Waals surface area contributed by atoms with Gasteiger partial charge in [0, 0.05) is 17.2 Å². The molecule has 0 saturated heterocycles. The highest BCUT2D eigenvalue weighted by Gasteiger charge is 2.07. The van der Waals surface area contributed by atoms with Gasteiger partial charge in [-0.25, -0.2) is 4.98 Å². The lowest BCUT2D eigenvalue weighted by Crippen LogP contribution is -1.92. The van der Waals surface area contributed by atoms with E-state index < -0.39 is 0 Å². The molecule has 0 atom stereocenters. The second-order valence-electron chi connectivity index (χ2n) is 3.40. The van der Waals surface area contributed by atoms with Crippen molar-refractivity contribution in [2.75, 3.05) is 0 Å². The Labute approximate surface area is 113 Å². The summed E-state index contributed by atoms with van der Waals surface area (Å²) in [5.74, 6) is 0.747. The van der Waals surface area contributed by atoms with E-state index in [-0.39, 0.29) is 5.78 Å². The van der Waals surface area contributed by atoms with Crippen molar-refractivity contribution in [1.29, 1.82) is 0 Å². The fraction of sp³-hybridized carbons (Fsp3) is 0.167. The van der Waals surface area contributed by atoms with Crippen molar-refractivity contribution in [3.8, 4) is 0 Å². The maximum atomic E-state index is 11.1. The van der Waals surface area contributed by atoms with E-state index in [0.717, 1.165) is 20.7 Å². The lowest BCUT2D eigenvalue weighted by atomic mass is 10.4. The van der Waals surface area contributed by atoms with Crippen LogP contribution in [0.15, 0.2) is 34.5 Å². The molecule has 0 spiro atoms. The van der Waals surface area contributed by atoms with Crippen LogP contribution in [0.3, 0.4) is 0 Å². The first-order valence-corrected chi connectivity index (χ1v) is 7.24. The molecule has 0 aliphatic rings. The van der Waals surface area contributed by atoms with Gasteiger partial charge in [-0.15, -0.1) is 23.1 Å². The predicted molar refractivity (Wildman–Crippen MR) is 73.1 cm³/mol. The van der Waals surface area contributed by atoms with Crippen molar-refractivity contribution in [3.05, 3.63) is 45.4 Å². The summed E-state index contributed by atoms with van der Waals surface area (Å²) < 4.78 is 0. The zero-order chi connectivity index (χ0) is 12.3. The minimum atomic E-state index is 0.00948. The molecule has 0 N–H and O–H groups in total. The molecule has 2 rings (SSSR count). The predicted octanol–water partition coefficient (Wildman–Crippen LogP) is 4.29. The summed E-state index contributed by atoms with van der Waals surface area (Å²) in [6, 6.07) is 7.71. The molecular weight excluding hydrogens is 274 g/mol. The molecule has 2 aromatic rings. The molecule has 0 aliphatic carbocycles. The van der Waals surface area contributed by atoms with Crippen LogP contribution in [0.2, 0.25) is 5.02 Å². The fourth-order valence-electron chi connectivity index (χ4n) is 1.24. The van der Waals surface area contributed by atoms with Gasteiger partial charge in [0.25, 0.3) is 0 Å². The van der Waals surface area contributed by atoms with Gasteiger partial charge in [-0.3, -0.25) is 4.79 Å². The molecule has 0 saturated carbocycles. The zero-order valence-corrected chi connectivity index (χ0v) is 11.5. The van der Waals surface area contributed by atoms with Crippen LogP contribution in [0, 0.1) is 0 Å². The quantitative estimate of drug-likeness (QED) is 0.619. The average Bonchev–Trinajstić information content (AvgIpc) is 2.77. The smallest absolute Gasteiger partial charge is 0.178 e. The summed E-state index contributed by atoms with van der Waals surface area (Å²) in [5.41, 5.74) is 0.546. The number of aromatic nitrogens is 1. The first-order chi connectivity index (χ1) is 8.16. The third-order valence-corrected chi connectivity index (χ3v) is 4.66. The number of carbonyl (C=O) groups excluding carboxylic acids is 1. The van der Waals surface area contributed by atoms with Crippen molar-refractivity contribution in [2.45, 2.75) is 17.6 Å². The Balaban J connectivity index is 2.02. The van der Waals surface area contributed by atoms with E-state index in [1.54, 1.807) is 17.1 Å². The van der Waals surface area contributed by atoms with Gasteiger partial charge in [0.15, 0.2) is 5.78 Å². The van der Waals surface area contributed by atoms with Crippen molar-refractivity contribution < 1.29 is 4.79 Å². The first-order valence-electron chi connectivity index (χ1n) is 4.99. The first kappa shape index (κ1) is 12.6. The standard InChI is InChI=1S/C12H10ClNOS2/c1-8(15)10-6-17-12(14-10)7-16-11-5-3-2-4-9(11)13/h2-6H,7H2,1H3. The third-order valence-electron chi connectivity index (χ3n) is 2.10. The molecule has 5 heteroatoms. The summed E-state index contributed by atoms with van der Waals surface area (Å²) in [6.45, 7) is 1.53. The summed E-state index contributed by atoms with van der Waals surface area (Å²) in [4.78, 5) is 16.4. The zero-order valence-electron chi connectivity index (χ0n) is 9.14. The number of nitrogens with zero attached hydrogens (tertiary/aromatic N) is 1. The minimum absolute atomic E-state index is 0.00948. The van der Waals surface area contributed by atoms with E-state index in [0.29, 0.717) is 5.69 Å². The van der Waals surface area contributed by atoms with E-state index in [1.165, 1.54) is 18.3 Å². The highest BCUT2D eigenvalue weighted by atomic mass is 35.5. The number of carbonyl (C=O) groups is 1. The van der Waals surface area contributed by atoms with Gasteiger partial charge in [-0.1, -0.05) is 23.7 Å². The maximum absolute atomic E-state index is 11.1. The Morgan fingerprint density at radius 3 is 2.88 bits per heavy atom. The molecule has 1 aromatic heterocycles. The summed E-state index contributed by atoms with van der Waals surface area (Å²) in [5, 5.41) is 3.49. The van der Waals surface area contributed by atoms with Crippen LogP contribution < -0.4 is 0 Å². The van der Waals surface area contributed by atoms with Crippen LogP contribution in [-0.4, -0.2) is 10.8 Å². The molecule has 17 heavy (non-hydrogen) atoms. The molecule has 0 aliphatic heterocycles. The van der Waals surface area contributed by atoms with Crippen molar-refractivity contribution in [1.82, 2.24) is 4.98 Å². The molecule has 2 nitrogen and oxygen atoms in total. The van der Waals surface area contributed by atoms with Gasteiger partial charge >= 0.3 is 0 Å². The molecule has 1 aromatic carbocycles. The van der Waals surface area contributed by atoms with Crippen LogP contribution >= 0.6 is 34.7 Å². The number of benzene rings is 1. The molecule has 1 heterocycles. The lowest BCUT2D eigenvalue weighted by molar-refractivity contribution is 0.101. The number of thioether (sulfide) groups is 1. The maximum Gasteiger partial charge on any atom is 0.178 e. The van der Waals surface area contributed by atoms with Crippen LogP contribution in [-0.2, 0) is 5.75 Å². The SMILES string of the molecule is CC(=O)c1csc(CSc2ccccc2Cl)n1.